The lowest BCUT2D eigenvalue weighted by atomic mass is 9.98. The number of rotatable bonds is 1. The molecule has 2 aromatic rings. The first kappa shape index (κ1) is 13.0. The zero-order valence-electron chi connectivity index (χ0n) is 10.5. The highest BCUT2D eigenvalue weighted by molar-refractivity contribution is 5.39. The molecule has 20 heavy (non-hydrogen) atoms. The predicted octanol–water partition coefficient (Wildman–Crippen LogP) is 2.87. The molecule has 0 aliphatic heterocycles. The summed E-state index contributed by atoms with van der Waals surface area (Å²) < 4.78 is 38.6. The highest BCUT2D eigenvalue weighted by Gasteiger charge is 2.31. The molecular weight excluding hydrogens is 271 g/mol. The molecule has 0 saturated carbocycles. The minimum Gasteiger partial charge on any atom is -0.493 e. The van der Waals surface area contributed by atoms with Gasteiger partial charge in [0.05, 0.1) is 11.3 Å². The van der Waals surface area contributed by atoms with Crippen molar-refractivity contribution in [1.82, 2.24) is 14.8 Å². The largest absolute Gasteiger partial charge is 0.493 e. The van der Waals surface area contributed by atoms with Crippen molar-refractivity contribution < 1.29 is 18.3 Å². The van der Waals surface area contributed by atoms with Crippen molar-refractivity contribution in [3.8, 4) is 11.7 Å². The quantitative estimate of drug-likeness (QED) is 0.875. The lowest BCUT2D eigenvalue weighted by Crippen LogP contribution is -2.07. The number of aryl methyl sites for hydroxylation is 1. The Balaban J connectivity index is 1.99. The first-order valence-electron chi connectivity index (χ1n) is 6.30. The van der Waals surface area contributed by atoms with Crippen molar-refractivity contribution in [2.75, 3.05) is 0 Å². The highest BCUT2D eigenvalue weighted by atomic mass is 19.4. The van der Waals surface area contributed by atoms with Crippen molar-refractivity contribution in [3.63, 3.8) is 0 Å². The van der Waals surface area contributed by atoms with Crippen LogP contribution in [0.3, 0.4) is 0 Å². The molecule has 0 spiro atoms. The van der Waals surface area contributed by atoms with E-state index in [1.807, 2.05) is 0 Å². The molecular formula is C13H12F3N3O. The Kier molecular flexibility index (Phi) is 2.92. The second kappa shape index (κ2) is 4.50. The lowest BCUT2D eigenvalue weighted by molar-refractivity contribution is -0.137. The molecule has 0 fully saturated rings. The van der Waals surface area contributed by atoms with Gasteiger partial charge < -0.3 is 5.11 Å². The van der Waals surface area contributed by atoms with Crippen molar-refractivity contribution in [2.24, 2.45) is 0 Å². The maximum absolute atomic E-state index is 12.5. The standard InChI is InChI=1S/C13H12F3N3O/c14-13(15,16)8-5-6-11(17-7-8)19-12(20)9-3-1-2-4-10(9)18-19/h5-7,20H,1-4H2. The van der Waals surface area contributed by atoms with Crippen molar-refractivity contribution >= 4 is 0 Å². The van der Waals surface area contributed by atoms with Gasteiger partial charge in [0.15, 0.2) is 5.82 Å². The average Bonchev–Trinajstić information content (AvgIpc) is 2.76. The number of fused-ring (bicyclic) bond motifs is 1. The Bertz CT molecular complexity index is 632. The van der Waals surface area contributed by atoms with Crippen molar-refractivity contribution in [2.45, 2.75) is 31.9 Å². The molecule has 3 rings (SSSR count). The van der Waals surface area contributed by atoms with Crippen LogP contribution in [0.15, 0.2) is 18.3 Å². The van der Waals surface area contributed by atoms with Gasteiger partial charge in [-0.2, -0.15) is 23.0 Å². The molecule has 2 heterocycles. The van der Waals surface area contributed by atoms with Crippen LogP contribution < -0.4 is 0 Å². The van der Waals surface area contributed by atoms with Crippen LogP contribution in [0.1, 0.15) is 29.7 Å². The van der Waals surface area contributed by atoms with Gasteiger partial charge in [0.2, 0.25) is 5.88 Å². The molecule has 0 atom stereocenters. The Morgan fingerprint density at radius 3 is 2.50 bits per heavy atom. The summed E-state index contributed by atoms with van der Waals surface area (Å²) in [5.41, 5.74) is 0.756. The smallest absolute Gasteiger partial charge is 0.417 e. The van der Waals surface area contributed by atoms with E-state index in [0.29, 0.717) is 0 Å². The SMILES string of the molecule is Oc1c2c(nn1-c1ccc(C(F)(F)F)cn1)CCCC2. The Morgan fingerprint density at radius 1 is 1.15 bits per heavy atom. The number of pyridine rings is 1. The second-order valence-electron chi connectivity index (χ2n) is 4.77. The van der Waals surface area contributed by atoms with Gasteiger partial charge in [-0.15, -0.1) is 0 Å². The third kappa shape index (κ3) is 2.13. The second-order valence-corrected chi connectivity index (χ2v) is 4.77. The zero-order valence-corrected chi connectivity index (χ0v) is 10.5. The predicted molar refractivity (Wildman–Crippen MR) is 64.7 cm³/mol. The van der Waals surface area contributed by atoms with Crippen LogP contribution in [0, 0.1) is 0 Å². The molecule has 4 nitrogen and oxygen atoms in total. The summed E-state index contributed by atoms with van der Waals surface area (Å²) in [7, 11) is 0. The number of aromatic nitrogens is 3. The number of alkyl halides is 3. The van der Waals surface area contributed by atoms with E-state index in [2.05, 4.69) is 10.1 Å². The van der Waals surface area contributed by atoms with Crippen LogP contribution in [0.5, 0.6) is 5.88 Å². The highest BCUT2D eigenvalue weighted by Crippen LogP contribution is 2.32. The first-order chi connectivity index (χ1) is 9.47. The van der Waals surface area contributed by atoms with E-state index in [1.54, 1.807) is 0 Å². The van der Waals surface area contributed by atoms with E-state index in [-0.39, 0.29) is 11.7 Å². The molecule has 0 saturated heterocycles. The summed E-state index contributed by atoms with van der Waals surface area (Å²) in [6.45, 7) is 0. The number of aromatic hydroxyl groups is 1. The molecule has 0 unspecified atom stereocenters. The van der Waals surface area contributed by atoms with Crippen LogP contribution in [0.25, 0.3) is 5.82 Å². The minimum atomic E-state index is -4.42. The Morgan fingerprint density at radius 2 is 1.90 bits per heavy atom. The zero-order chi connectivity index (χ0) is 14.3. The molecule has 7 heteroatoms. The van der Waals surface area contributed by atoms with Gasteiger partial charge in [-0.05, 0) is 37.8 Å². The van der Waals surface area contributed by atoms with E-state index in [1.165, 1.54) is 10.7 Å². The summed E-state index contributed by atoms with van der Waals surface area (Å²) in [6.07, 6.45) is -0.179. The maximum Gasteiger partial charge on any atom is 0.417 e. The van der Waals surface area contributed by atoms with Crippen LogP contribution >= 0.6 is 0 Å². The number of hydrogen-bond acceptors (Lipinski definition) is 3. The van der Waals surface area contributed by atoms with E-state index in [9.17, 15) is 18.3 Å². The molecule has 0 amide bonds. The summed E-state index contributed by atoms with van der Waals surface area (Å²) in [5.74, 6) is 0.164. The summed E-state index contributed by atoms with van der Waals surface area (Å²) in [6, 6.07) is 2.14. The molecule has 1 N–H and O–H groups in total. The molecule has 2 aromatic heterocycles. The van der Waals surface area contributed by atoms with E-state index in [0.717, 1.165) is 49.2 Å². The van der Waals surface area contributed by atoms with E-state index < -0.39 is 11.7 Å². The van der Waals surface area contributed by atoms with Gasteiger partial charge in [-0.25, -0.2) is 4.98 Å². The molecule has 0 radical (unpaired) electrons. The third-order valence-corrected chi connectivity index (χ3v) is 3.42. The number of nitrogens with zero attached hydrogens (tertiary/aromatic N) is 3. The topological polar surface area (TPSA) is 50.9 Å². The third-order valence-electron chi connectivity index (χ3n) is 3.42. The van der Waals surface area contributed by atoms with E-state index in [4.69, 9.17) is 0 Å². The molecule has 1 aliphatic rings. The van der Waals surface area contributed by atoms with Gasteiger partial charge >= 0.3 is 6.18 Å². The van der Waals surface area contributed by atoms with Crippen LogP contribution in [0.4, 0.5) is 13.2 Å². The molecule has 0 aromatic carbocycles. The normalized spacial score (nSPS) is 15.2. The average molecular weight is 283 g/mol. The fourth-order valence-corrected chi connectivity index (χ4v) is 2.38. The number of hydrogen-bond donors (Lipinski definition) is 1. The fraction of sp³-hybridized carbons (Fsp3) is 0.385. The van der Waals surface area contributed by atoms with Gasteiger partial charge in [-0.1, -0.05) is 0 Å². The fourth-order valence-electron chi connectivity index (χ4n) is 2.38. The first-order valence-corrected chi connectivity index (χ1v) is 6.30. The summed E-state index contributed by atoms with van der Waals surface area (Å²) in [4.78, 5) is 3.74. The minimum absolute atomic E-state index is 0.0213. The molecule has 0 bridgehead atoms. The Hall–Kier alpha value is -2.05. The van der Waals surface area contributed by atoms with Crippen LogP contribution in [-0.4, -0.2) is 19.9 Å². The maximum atomic E-state index is 12.5. The lowest BCUT2D eigenvalue weighted by Gasteiger charge is -2.08. The van der Waals surface area contributed by atoms with Gasteiger partial charge in [0.1, 0.15) is 0 Å². The number of halogens is 3. The Labute approximate surface area is 112 Å². The van der Waals surface area contributed by atoms with Crippen LogP contribution in [-0.2, 0) is 19.0 Å². The monoisotopic (exact) mass is 283 g/mol. The van der Waals surface area contributed by atoms with Gasteiger partial charge in [0.25, 0.3) is 0 Å². The molecule has 106 valence electrons. The summed E-state index contributed by atoms with van der Waals surface area (Å²) in [5, 5.41) is 14.3. The van der Waals surface area contributed by atoms with E-state index >= 15 is 0 Å². The molecule has 1 aliphatic carbocycles. The summed E-state index contributed by atoms with van der Waals surface area (Å²) >= 11 is 0. The van der Waals surface area contributed by atoms with Gasteiger partial charge in [0, 0.05) is 11.8 Å². The van der Waals surface area contributed by atoms with Crippen LogP contribution in [0.2, 0.25) is 0 Å². The van der Waals surface area contributed by atoms with Crippen molar-refractivity contribution in [1.29, 1.82) is 0 Å². The van der Waals surface area contributed by atoms with Crippen molar-refractivity contribution in [3.05, 3.63) is 35.2 Å². The van der Waals surface area contributed by atoms with Gasteiger partial charge in [-0.3, -0.25) is 0 Å².